The van der Waals surface area contributed by atoms with E-state index in [0.29, 0.717) is 6.42 Å². The predicted octanol–water partition coefficient (Wildman–Crippen LogP) is 4.26. The molecule has 0 radical (unpaired) electrons. The topological polar surface area (TPSA) is 46.2 Å². The van der Waals surface area contributed by atoms with Crippen LogP contribution in [0.3, 0.4) is 0 Å². The first-order valence-corrected chi connectivity index (χ1v) is 8.55. The van der Waals surface area contributed by atoms with Crippen molar-refractivity contribution in [2.45, 2.75) is 56.6 Å². The second-order valence-corrected chi connectivity index (χ2v) is 7.58. The summed E-state index contributed by atoms with van der Waals surface area (Å²) >= 11 is 0. The molecule has 0 heterocycles. The van der Waals surface area contributed by atoms with Crippen LogP contribution in [0.2, 0.25) is 0 Å². The summed E-state index contributed by atoms with van der Waals surface area (Å²) in [6.07, 6.45) is 4.09. The van der Waals surface area contributed by atoms with Crippen LogP contribution < -0.4 is 5.73 Å². The zero-order valence-electron chi connectivity index (χ0n) is 14.1. The lowest BCUT2D eigenvalue weighted by Crippen LogP contribution is -2.52. The van der Waals surface area contributed by atoms with Crippen molar-refractivity contribution in [3.63, 3.8) is 0 Å². The molecule has 1 fully saturated rings. The van der Waals surface area contributed by atoms with Crippen LogP contribution in [0, 0.1) is 0 Å². The van der Waals surface area contributed by atoms with Gasteiger partial charge < -0.3 is 10.8 Å². The van der Waals surface area contributed by atoms with Crippen LogP contribution in [-0.2, 0) is 5.41 Å². The Morgan fingerprint density at radius 2 is 1.57 bits per heavy atom. The van der Waals surface area contributed by atoms with Gasteiger partial charge in [0.1, 0.15) is 0 Å². The number of hydrogen-bond donors (Lipinski definition) is 2. The fourth-order valence-corrected chi connectivity index (χ4v) is 3.79. The van der Waals surface area contributed by atoms with Crippen LogP contribution in [0.25, 0.3) is 11.1 Å². The molecule has 1 atom stereocenters. The fourth-order valence-electron chi connectivity index (χ4n) is 3.79. The van der Waals surface area contributed by atoms with Crippen molar-refractivity contribution < 1.29 is 5.11 Å². The molecule has 2 aromatic rings. The van der Waals surface area contributed by atoms with Crippen molar-refractivity contribution in [1.82, 2.24) is 0 Å². The Balaban J connectivity index is 1.85. The highest BCUT2D eigenvalue weighted by Gasteiger charge is 2.45. The van der Waals surface area contributed by atoms with Crippen LogP contribution in [-0.4, -0.2) is 16.7 Å². The summed E-state index contributed by atoms with van der Waals surface area (Å²) in [6, 6.07) is 19.3. The molecule has 0 aliphatic heterocycles. The molecule has 0 saturated heterocycles. The number of benzene rings is 2. The van der Waals surface area contributed by atoms with E-state index in [9.17, 15) is 5.11 Å². The van der Waals surface area contributed by atoms with Crippen LogP contribution in [0.4, 0.5) is 0 Å². The maximum absolute atomic E-state index is 10.1. The molecule has 122 valence electrons. The third kappa shape index (κ3) is 3.34. The molecule has 3 rings (SSSR count). The van der Waals surface area contributed by atoms with E-state index in [1.807, 2.05) is 19.9 Å². The third-order valence-corrected chi connectivity index (χ3v) is 5.24. The van der Waals surface area contributed by atoms with Gasteiger partial charge in [-0.3, -0.25) is 0 Å². The predicted molar refractivity (Wildman–Crippen MR) is 96.3 cm³/mol. The maximum Gasteiger partial charge on any atom is 0.0606 e. The van der Waals surface area contributed by atoms with E-state index in [-0.39, 0.29) is 11.5 Å². The number of nitrogens with two attached hydrogens (primary N) is 1. The Bertz CT molecular complexity index is 636. The minimum atomic E-state index is -0.716. The molecule has 2 aromatic carbocycles. The van der Waals surface area contributed by atoms with E-state index in [4.69, 9.17) is 5.73 Å². The molecule has 1 saturated carbocycles. The van der Waals surface area contributed by atoms with E-state index in [1.54, 1.807) is 0 Å². The molecule has 1 aliphatic rings. The zero-order chi connectivity index (χ0) is 16.5. The van der Waals surface area contributed by atoms with Crippen LogP contribution in [0.5, 0.6) is 0 Å². The van der Waals surface area contributed by atoms with Gasteiger partial charge in [0.25, 0.3) is 0 Å². The first kappa shape index (κ1) is 16.2. The van der Waals surface area contributed by atoms with Gasteiger partial charge in [-0.2, -0.15) is 0 Å². The van der Waals surface area contributed by atoms with E-state index < -0.39 is 5.60 Å². The Morgan fingerprint density at radius 3 is 2.04 bits per heavy atom. The van der Waals surface area contributed by atoms with Crippen molar-refractivity contribution in [3.8, 4) is 11.1 Å². The fraction of sp³-hybridized carbons (Fsp3) is 0.429. The third-order valence-electron chi connectivity index (χ3n) is 5.24. The lowest BCUT2D eigenvalue weighted by atomic mass is 9.59. The summed E-state index contributed by atoms with van der Waals surface area (Å²) in [5.74, 6) is 0. The first-order valence-electron chi connectivity index (χ1n) is 8.55. The molecule has 0 bridgehead atoms. The standard InChI is InChI=1S/C21H27NO/c1-20(2,23)15-19(22)21(13-6-14-21)18-11-9-17(10-12-18)16-7-4-3-5-8-16/h3-5,7-12,19,23H,6,13-15,22H2,1-2H3. The summed E-state index contributed by atoms with van der Waals surface area (Å²) in [5, 5.41) is 10.1. The lowest BCUT2D eigenvalue weighted by molar-refractivity contribution is 0.0411. The van der Waals surface area contributed by atoms with Gasteiger partial charge in [0, 0.05) is 11.5 Å². The average Bonchev–Trinajstić information content (AvgIpc) is 2.46. The molecule has 2 heteroatoms. The summed E-state index contributed by atoms with van der Waals surface area (Å²) in [4.78, 5) is 0. The molecule has 2 nitrogen and oxygen atoms in total. The highest BCUT2D eigenvalue weighted by molar-refractivity contribution is 5.63. The molecule has 3 N–H and O–H groups in total. The molecule has 0 aromatic heterocycles. The van der Waals surface area contributed by atoms with Crippen molar-refractivity contribution in [2.75, 3.05) is 0 Å². The van der Waals surface area contributed by atoms with Crippen molar-refractivity contribution >= 4 is 0 Å². The molecule has 0 amide bonds. The molecule has 1 aliphatic carbocycles. The molecule has 0 spiro atoms. The van der Waals surface area contributed by atoms with E-state index in [0.717, 1.165) is 12.8 Å². The Morgan fingerprint density at radius 1 is 1.00 bits per heavy atom. The molecular formula is C21H27NO. The number of aliphatic hydroxyl groups is 1. The van der Waals surface area contributed by atoms with E-state index in [1.165, 1.54) is 23.1 Å². The van der Waals surface area contributed by atoms with Gasteiger partial charge in [-0.1, -0.05) is 61.0 Å². The minimum Gasteiger partial charge on any atom is -0.390 e. The van der Waals surface area contributed by atoms with E-state index in [2.05, 4.69) is 48.5 Å². The minimum absolute atomic E-state index is 0.00109. The zero-order valence-corrected chi connectivity index (χ0v) is 14.1. The van der Waals surface area contributed by atoms with Crippen LogP contribution >= 0.6 is 0 Å². The maximum atomic E-state index is 10.1. The summed E-state index contributed by atoms with van der Waals surface area (Å²) in [6.45, 7) is 3.69. The van der Waals surface area contributed by atoms with Gasteiger partial charge in [-0.05, 0) is 49.8 Å². The Kier molecular flexibility index (Phi) is 4.31. The number of hydrogen-bond acceptors (Lipinski definition) is 2. The summed E-state index contributed by atoms with van der Waals surface area (Å²) < 4.78 is 0. The highest BCUT2D eigenvalue weighted by atomic mass is 16.3. The van der Waals surface area contributed by atoms with Gasteiger partial charge in [-0.15, -0.1) is 0 Å². The Labute approximate surface area is 139 Å². The quantitative estimate of drug-likeness (QED) is 0.866. The first-order chi connectivity index (χ1) is 10.9. The van der Waals surface area contributed by atoms with Crippen LogP contribution in [0.1, 0.15) is 45.1 Å². The lowest BCUT2D eigenvalue weighted by Gasteiger charge is -2.48. The normalized spacial score (nSPS) is 18.3. The largest absolute Gasteiger partial charge is 0.390 e. The van der Waals surface area contributed by atoms with Crippen molar-refractivity contribution in [1.29, 1.82) is 0 Å². The van der Waals surface area contributed by atoms with E-state index >= 15 is 0 Å². The van der Waals surface area contributed by atoms with Gasteiger partial charge in [0.05, 0.1) is 5.60 Å². The van der Waals surface area contributed by atoms with Gasteiger partial charge >= 0.3 is 0 Å². The van der Waals surface area contributed by atoms with Crippen molar-refractivity contribution in [3.05, 3.63) is 60.2 Å². The summed E-state index contributed by atoms with van der Waals surface area (Å²) in [7, 11) is 0. The highest BCUT2D eigenvalue weighted by Crippen LogP contribution is 2.47. The van der Waals surface area contributed by atoms with Crippen molar-refractivity contribution in [2.24, 2.45) is 5.73 Å². The molecular weight excluding hydrogens is 282 g/mol. The average molecular weight is 309 g/mol. The SMILES string of the molecule is CC(C)(O)CC(N)C1(c2ccc(-c3ccccc3)cc2)CCC1. The second kappa shape index (κ2) is 6.10. The monoisotopic (exact) mass is 309 g/mol. The number of rotatable bonds is 5. The van der Waals surface area contributed by atoms with Gasteiger partial charge in [-0.25, -0.2) is 0 Å². The van der Waals surface area contributed by atoms with Gasteiger partial charge in [0.2, 0.25) is 0 Å². The van der Waals surface area contributed by atoms with Crippen LogP contribution in [0.15, 0.2) is 54.6 Å². The Hall–Kier alpha value is -1.64. The smallest absolute Gasteiger partial charge is 0.0606 e. The summed E-state index contributed by atoms with van der Waals surface area (Å²) in [5.41, 5.74) is 9.64. The molecule has 1 unspecified atom stereocenters. The van der Waals surface area contributed by atoms with Gasteiger partial charge in [0.15, 0.2) is 0 Å². The molecule has 23 heavy (non-hydrogen) atoms. The second-order valence-electron chi connectivity index (χ2n) is 7.58.